The molecule has 1 N–H and O–H groups in total. The average molecular weight is 395 g/mol. The van der Waals surface area contributed by atoms with Crippen molar-refractivity contribution in [1.29, 1.82) is 0 Å². The molecule has 0 spiro atoms. The molecule has 1 heterocycles. The number of fused-ring (bicyclic) bond motifs is 1. The van der Waals surface area contributed by atoms with Crippen LogP contribution in [0.1, 0.15) is 48.7 Å². The van der Waals surface area contributed by atoms with Crippen LogP contribution >= 0.6 is 0 Å². The second kappa shape index (κ2) is 8.68. The number of rotatable bonds is 7. The number of ether oxygens (including phenoxy) is 1. The largest absolute Gasteiger partial charge is 0.497 e. The summed E-state index contributed by atoms with van der Waals surface area (Å²) >= 11 is 0. The van der Waals surface area contributed by atoms with Crippen LogP contribution in [0.5, 0.6) is 5.75 Å². The van der Waals surface area contributed by atoms with Crippen LogP contribution in [0.4, 0.5) is 0 Å². The number of benzene rings is 2. The van der Waals surface area contributed by atoms with Crippen LogP contribution in [0.3, 0.4) is 0 Å². The topological polar surface area (TPSA) is 58.6 Å². The van der Waals surface area contributed by atoms with Gasteiger partial charge in [0.2, 0.25) is 5.91 Å². The van der Waals surface area contributed by atoms with Gasteiger partial charge in [0.15, 0.2) is 0 Å². The van der Waals surface area contributed by atoms with E-state index in [-0.39, 0.29) is 11.8 Å². The minimum atomic E-state index is -0.910. The predicted molar refractivity (Wildman–Crippen MR) is 114 cm³/mol. The van der Waals surface area contributed by atoms with Crippen molar-refractivity contribution in [3.8, 4) is 5.75 Å². The molecule has 154 valence electrons. The van der Waals surface area contributed by atoms with Gasteiger partial charge in [-0.1, -0.05) is 44.2 Å². The van der Waals surface area contributed by atoms with Gasteiger partial charge in [0.1, 0.15) is 11.3 Å². The first kappa shape index (κ1) is 20.9. The van der Waals surface area contributed by atoms with Crippen LogP contribution in [0.15, 0.2) is 48.5 Å². The summed E-state index contributed by atoms with van der Waals surface area (Å²) in [7, 11) is 1.63. The highest BCUT2D eigenvalue weighted by Gasteiger charge is 2.46. The summed E-state index contributed by atoms with van der Waals surface area (Å²) in [5.74, 6) is 1.04. The van der Waals surface area contributed by atoms with E-state index in [2.05, 4.69) is 19.2 Å². The van der Waals surface area contributed by atoms with Gasteiger partial charge >= 0.3 is 0 Å². The van der Waals surface area contributed by atoms with Gasteiger partial charge in [0.25, 0.3) is 5.91 Å². The van der Waals surface area contributed by atoms with E-state index >= 15 is 0 Å². The van der Waals surface area contributed by atoms with Gasteiger partial charge in [-0.3, -0.25) is 9.59 Å². The van der Waals surface area contributed by atoms with Crippen molar-refractivity contribution in [2.75, 3.05) is 13.7 Å². The van der Waals surface area contributed by atoms with Crippen LogP contribution in [0.2, 0.25) is 0 Å². The van der Waals surface area contributed by atoms with Gasteiger partial charge in [0, 0.05) is 25.1 Å². The van der Waals surface area contributed by atoms with Crippen molar-refractivity contribution in [2.45, 2.75) is 45.7 Å². The van der Waals surface area contributed by atoms with Crippen molar-refractivity contribution in [3.63, 3.8) is 0 Å². The number of hydrogen-bond acceptors (Lipinski definition) is 3. The van der Waals surface area contributed by atoms with E-state index in [4.69, 9.17) is 4.74 Å². The van der Waals surface area contributed by atoms with Gasteiger partial charge in [0.05, 0.1) is 7.11 Å². The van der Waals surface area contributed by atoms with E-state index in [1.54, 1.807) is 12.0 Å². The molecule has 1 aliphatic rings. The second-order valence-electron chi connectivity index (χ2n) is 8.28. The van der Waals surface area contributed by atoms with Crippen molar-refractivity contribution in [3.05, 3.63) is 65.2 Å². The number of nitrogens with one attached hydrogen (secondary N) is 1. The standard InChI is InChI=1S/C24H30N2O3/c1-17(2)13-14-26-22(27)21-8-6-5-7-19(21)15-24(26,3)23(28)25-16-18-9-11-20(29-4)12-10-18/h5-12,17H,13-16H2,1-4H3,(H,25,28)/t24-/m1/s1. The van der Waals surface area contributed by atoms with E-state index in [0.29, 0.717) is 31.0 Å². The first-order chi connectivity index (χ1) is 13.8. The maximum atomic E-state index is 13.3. The van der Waals surface area contributed by atoms with Crippen molar-refractivity contribution >= 4 is 11.8 Å². The third kappa shape index (κ3) is 4.44. The maximum Gasteiger partial charge on any atom is 0.255 e. The number of methoxy groups -OCH3 is 1. The van der Waals surface area contributed by atoms with Gasteiger partial charge in [-0.25, -0.2) is 0 Å². The maximum absolute atomic E-state index is 13.3. The molecular formula is C24H30N2O3. The Balaban J connectivity index is 1.81. The zero-order valence-corrected chi connectivity index (χ0v) is 17.7. The number of amides is 2. The number of carbonyl (C=O) groups excluding carboxylic acids is 2. The van der Waals surface area contributed by atoms with Crippen LogP contribution in [-0.4, -0.2) is 35.9 Å². The Hall–Kier alpha value is -2.82. The van der Waals surface area contributed by atoms with E-state index in [9.17, 15) is 9.59 Å². The Labute approximate surface area is 173 Å². The molecule has 1 aliphatic heterocycles. The third-order valence-corrected chi connectivity index (χ3v) is 5.65. The highest BCUT2D eigenvalue weighted by Crippen LogP contribution is 2.32. The van der Waals surface area contributed by atoms with Crippen LogP contribution < -0.4 is 10.1 Å². The van der Waals surface area contributed by atoms with Crippen LogP contribution in [0.25, 0.3) is 0 Å². The Morgan fingerprint density at radius 2 is 1.86 bits per heavy atom. The molecule has 0 radical (unpaired) electrons. The molecule has 1 atom stereocenters. The Kier molecular flexibility index (Phi) is 6.26. The number of nitrogens with zero attached hydrogens (tertiary/aromatic N) is 1. The monoisotopic (exact) mass is 394 g/mol. The molecule has 2 aromatic rings. The summed E-state index contributed by atoms with van der Waals surface area (Å²) in [4.78, 5) is 28.3. The summed E-state index contributed by atoms with van der Waals surface area (Å²) in [5.41, 5.74) is 1.71. The molecule has 29 heavy (non-hydrogen) atoms. The molecule has 0 aromatic heterocycles. The Morgan fingerprint density at radius 1 is 1.17 bits per heavy atom. The minimum absolute atomic E-state index is 0.0606. The first-order valence-corrected chi connectivity index (χ1v) is 10.2. The van der Waals surface area contributed by atoms with E-state index in [1.807, 2.05) is 55.5 Å². The van der Waals surface area contributed by atoms with E-state index in [1.165, 1.54) is 0 Å². The lowest BCUT2D eigenvalue weighted by Gasteiger charge is -2.44. The Morgan fingerprint density at radius 3 is 2.52 bits per heavy atom. The number of carbonyl (C=O) groups is 2. The number of hydrogen-bond donors (Lipinski definition) is 1. The van der Waals surface area contributed by atoms with Gasteiger partial charge in [-0.15, -0.1) is 0 Å². The normalized spacial score (nSPS) is 18.5. The van der Waals surface area contributed by atoms with E-state index < -0.39 is 5.54 Å². The van der Waals surface area contributed by atoms with Gasteiger partial charge < -0.3 is 15.0 Å². The summed E-state index contributed by atoms with van der Waals surface area (Å²) in [6.45, 7) is 7.11. The molecule has 0 bridgehead atoms. The van der Waals surface area contributed by atoms with Gasteiger partial charge in [-0.05, 0) is 48.6 Å². The predicted octanol–water partition coefficient (Wildman–Crippen LogP) is 3.81. The molecule has 0 fully saturated rings. The molecule has 3 rings (SSSR count). The van der Waals surface area contributed by atoms with Crippen molar-refractivity contribution in [1.82, 2.24) is 10.2 Å². The lowest BCUT2D eigenvalue weighted by molar-refractivity contribution is -0.132. The molecule has 0 unspecified atom stereocenters. The van der Waals surface area contributed by atoms with Crippen molar-refractivity contribution < 1.29 is 14.3 Å². The highest BCUT2D eigenvalue weighted by atomic mass is 16.5. The Bertz CT molecular complexity index is 876. The second-order valence-corrected chi connectivity index (χ2v) is 8.28. The summed E-state index contributed by atoms with van der Waals surface area (Å²) < 4.78 is 5.18. The molecular weight excluding hydrogens is 364 g/mol. The average Bonchev–Trinajstić information content (AvgIpc) is 2.72. The molecule has 2 aromatic carbocycles. The fourth-order valence-electron chi connectivity index (χ4n) is 3.77. The smallest absolute Gasteiger partial charge is 0.255 e. The quantitative estimate of drug-likeness (QED) is 0.777. The lowest BCUT2D eigenvalue weighted by atomic mass is 9.82. The molecule has 5 nitrogen and oxygen atoms in total. The first-order valence-electron chi connectivity index (χ1n) is 10.2. The third-order valence-electron chi connectivity index (χ3n) is 5.65. The zero-order valence-electron chi connectivity index (χ0n) is 17.7. The van der Waals surface area contributed by atoms with Crippen LogP contribution in [0, 0.1) is 5.92 Å². The lowest BCUT2D eigenvalue weighted by Crippen LogP contribution is -2.62. The molecule has 0 saturated heterocycles. The van der Waals surface area contributed by atoms with Crippen molar-refractivity contribution in [2.24, 2.45) is 5.92 Å². The highest BCUT2D eigenvalue weighted by molar-refractivity contribution is 6.02. The van der Waals surface area contributed by atoms with E-state index in [0.717, 1.165) is 23.3 Å². The summed E-state index contributed by atoms with van der Waals surface area (Å²) in [6, 6.07) is 15.2. The zero-order chi connectivity index (χ0) is 21.0. The van der Waals surface area contributed by atoms with Crippen LogP contribution in [-0.2, 0) is 17.8 Å². The van der Waals surface area contributed by atoms with Gasteiger partial charge in [-0.2, -0.15) is 0 Å². The molecule has 5 heteroatoms. The minimum Gasteiger partial charge on any atom is -0.497 e. The SMILES string of the molecule is COc1ccc(CNC(=O)[C@@]2(C)Cc3ccccc3C(=O)N2CCC(C)C)cc1. The fraction of sp³-hybridized carbons (Fsp3) is 0.417. The fourth-order valence-corrected chi connectivity index (χ4v) is 3.77. The molecule has 0 aliphatic carbocycles. The summed E-state index contributed by atoms with van der Waals surface area (Å²) in [5, 5.41) is 3.04. The summed E-state index contributed by atoms with van der Waals surface area (Å²) in [6.07, 6.45) is 1.37. The molecule has 0 saturated carbocycles. The molecule has 2 amide bonds.